The number of hydrogen-bond acceptors (Lipinski definition) is 3. The zero-order valence-electron chi connectivity index (χ0n) is 10.2. The lowest BCUT2D eigenvalue weighted by atomic mass is 9.99. The van der Waals surface area contributed by atoms with Crippen LogP contribution in [0, 0.1) is 0 Å². The van der Waals surface area contributed by atoms with Crippen LogP contribution in [0.2, 0.25) is 0 Å². The second-order valence-corrected chi connectivity index (χ2v) is 4.78. The minimum Gasteiger partial charge on any atom is -0.314 e. The van der Waals surface area contributed by atoms with Crippen molar-refractivity contribution in [1.82, 2.24) is 10.3 Å². The maximum absolute atomic E-state index is 4.68. The van der Waals surface area contributed by atoms with Gasteiger partial charge in [-0.05, 0) is 26.3 Å². The number of likely N-dealkylation sites (N-methyl/N-ethyl adjacent to an activating group) is 1. The molecule has 0 spiro atoms. The number of aromatic nitrogens is 1. The second-order valence-electron chi connectivity index (χ2n) is 3.89. The highest BCUT2D eigenvalue weighted by Crippen LogP contribution is 2.26. The molecule has 1 aromatic rings. The average molecular weight is 226 g/mol. The fourth-order valence-electron chi connectivity index (χ4n) is 1.86. The zero-order valence-corrected chi connectivity index (χ0v) is 11.0. The lowest BCUT2D eigenvalue weighted by Gasteiger charge is -2.21. The van der Waals surface area contributed by atoms with Crippen LogP contribution in [0.3, 0.4) is 0 Å². The average Bonchev–Trinajstić information content (AvgIpc) is 2.68. The Balaban J connectivity index is 2.72. The molecule has 2 atom stereocenters. The lowest BCUT2D eigenvalue weighted by molar-refractivity contribution is 0.458. The first-order chi connectivity index (χ1) is 7.22. The number of hydrogen-bond donors (Lipinski definition) is 1. The highest BCUT2D eigenvalue weighted by Gasteiger charge is 2.19. The van der Waals surface area contributed by atoms with E-state index in [-0.39, 0.29) is 0 Å². The Labute approximate surface area is 97.1 Å². The van der Waals surface area contributed by atoms with E-state index in [1.54, 1.807) is 0 Å². The van der Waals surface area contributed by atoms with Crippen molar-refractivity contribution in [2.75, 3.05) is 6.54 Å². The van der Waals surface area contributed by atoms with E-state index >= 15 is 0 Å². The van der Waals surface area contributed by atoms with Crippen LogP contribution < -0.4 is 5.32 Å². The molecule has 0 aromatic carbocycles. The summed E-state index contributed by atoms with van der Waals surface area (Å²) in [5.41, 5.74) is 1.23. The summed E-state index contributed by atoms with van der Waals surface area (Å²) in [4.78, 5) is 4.68. The summed E-state index contributed by atoms with van der Waals surface area (Å²) in [7, 11) is 0. The summed E-state index contributed by atoms with van der Waals surface area (Å²) >= 11 is 1.81. The molecule has 0 amide bonds. The fourth-order valence-corrected chi connectivity index (χ4v) is 3.05. The first-order valence-corrected chi connectivity index (χ1v) is 6.78. The van der Waals surface area contributed by atoms with Crippen LogP contribution >= 0.6 is 11.3 Å². The molecule has 0 aliphatic rings. The molecule has 86 valence electrons. The van der Waals surface area contributed by atoms with E-state index < -0.39 is 0 Å². The van der Waals surface area contributed by atoms with E-state index in [4.69, 9.17) is 0 Å². The van der Waals surface area contributed by atoms with Crippen LogP contribution in [0.15, 0.2) is 5.38 Å². The molecule has 0 bridgehead atoms. The van der Waals surface area contributed by atoms with E-state index in [0.29, 0.717) is 12.0 Å². The minimum absolute atomic E-state index is 0.524. The number of rotatable bonds is 6. The molecular weight excluding hydrogens is 204 g/mol. The molecular formula is C12H22N2S. The quantitative estimate of drug-likeness (QED) is 0.806. The van der Waals surface area contributed by atoms with Crippen molar-refractivity contribution in [2.45, 2.75) is 52.5 Å². The van der Waals surface area contributed by atoms with Crippen molar-refractivity contribution >= 4 is 11.3 Å². The SMILES string of the molecule is CCNC(C)C(CC)c1nc(CC)cs1. The van der Waals surface area contributed by atoms with Crippen LogP contribution in [-0.2, 0) is 6.42 Å². The third-order valence-electron chi connectivity index (χ3n) is 2.82. The predicted molar refractivity (Wildman–Crippen MR) is 67.7 cm³/mol. The lowest BCUT2D eigenvalue weighted by Crippen LogP contribution is -2.31. The largest absolute Gasteiger partial charge is 0.314 e. The van der Waals surface area contributed by atoms with Crippen molar-refractivity contribution in [1.29, 1.82) is 0 Å². The Kier molecular flexibility index (Phi) is 5.26. The summed E-state index contributed by atoms with van der Waals surface area (Å²) in [5, 5.41) is 6.97. The van der Waals surface area contributed by atoms with E-state index in [1.165, 1.54) is 10.7 Å². The van der Waals surface area contributed by atoms with Crippen molar-refractivity contribution in [3.8, 4) is 0 Å². The van der Waals surface area contributed by atoms with Crippen molar-refractivity contribution in [3.63, 3.8) is 0 Å². The van der Waals surface area contributed by atoms with Gasteiger partial charge in [0.25, 0.3) is 0 Å². The van der Waals surface area contributed by atoms with Gasteiger partial charge >= 0.3 is 0 Å². The van der Waals surface area contributed by atoms with Gasteiger partial charge in [0.1, 0.15) is 0 Å². The molecule has 2 unspecified atom stereocenters. The van der Waals surface area contributed by atoms with Gasteiger partial charge < -0.3 is 5.32 Å². The van der Waals surface area contributed by atoms with Crippen LogP contribution in [0.4, 0.5) is 0 Å². The summed E-state index contributed by atoms with van der Waals surface area (Å²) < 4.78 is 0. The summed E-state index contributed by atoms with van der Waals surface area (Å²) in [6.45, 7) is 9.84. The van der Waals surface area contributed by atoms with Crippen LogP contribution in [-0.4, -0.2) is 17.6 Å². The van der Waals surface area contributed by atoms with Gasteiger partial charge in [0.2, 0.25) is 0 Å². The Morgan fingerprint density at radius 1 is 1.40 bits per heavy atom. The molecule has 1 aromatic heterocycles. The molecule has 1 heterocycles. The third kappa shape index (κ3) is 3.28. The van der Waals surface area contributed by atoms with Gasteiger partial charge in [0, 0.05) is 17.3 Å². The smallest absolute Gasteiger partial charge is 0.0974 e. The monoisotopic (exact) mass is 226 g/mol. The van der Waals surface area contributed by atoms with Gasteiger partial charge in [-0.3, -0.25) is 0 Å². The molecule has 0 saturated heterocycles. The Hall–Kier alpha value is -0.410. The minimum atomic E-state index is 0.524. The van der Waals surface area contributed by atoms with E-state index in [0.717, 1.165) is 19.4 Å². The van der Waals surface area contributed by atoms with Crippen LogP contribution in [0.25, 0.3) is 0 Å². The number of thiazole rings is 1. The van der Waals surface area contributed by atoms with Gasteiger partial charge in [-0.2, -0.15) is 0 Å². The standard InChI is InChI=1S/C12H22N2S/c1-5-10-8-15-12(14-10)11(6-2)9(4)13-7-3/h8-9,11,13H,5-7H2,1-4H3. The summed E-state index contributed by atoms with van der Waals surface area (Å²) in [6.07, 6.45) is 2.20. The van der Waals surface area contributed by atoms with Crippen molar-refractivity contribution < 1.29 is 0 Å². The molecule has 2 nitrogen and oxygen atoms in total. The van der Waals surface area contributed by atoms with Crippen molar-refractivity contribution in [3.05, 3.63) is 16.1 Å². The first-order valence-electron chi connectivity index (χ1n) is 5.90. The third-order valence-corrected chi connectivity index (χ3v) is 3.84. The van der Waals surface area contributed by atoms with Gasteiger partial charge in [-0.15, -0.1) is 11.3 Å². The van der Waals surface area contributed by atoms with Gasteiger partial charge in [0.15, 0.2) is 0 Å². The normalized spacial score (nSPS) is 15.2. The Morgan fingerprint density at radius 3 is 2.60 bits per heavy atom. The fraction of sp³-hybridized carbons (Fsp3) is 0.750. The maximum Gasteiger partial charge on any atom is 0.0974 e. The molecule has 0 aliphatic heterocycles. The molecule has 0 radical (unpaired) electrons. The van der Waals surface area contributed by atoms with Gasteiger partial charge in [-0.25, -0.2) is 4.98 Å². The summed E-state index contributed by atoms with van der Waals surface area (Å²) in [5.74, 6) is 0.565. The number of aryl methyl sites for hydroxylation is 1. The Bertz CT molecular complexity index is 283. The molecule has 1 rings (SSSR count). The summed E-state index contributed by atoms with van der Waals surface area (Å²) in [6, 6.07) is 0.524. The molecule has 0 aliphatic carbocycles. The molecule has 0 fully saturated rings. The second kappa shape index (κ2) is 6.23. The topological polar surface area (TPSA) is 24.9 Å². The molecule has 0 saturated carbocycles. The van der Waals surface area contributed by atoms with Crippen molar-refractivity contribution in [2.24, 2.45) is 0 Å². The van der Waals surface area contributed by atoms with Crippen LogP contribution in [0.1, 0.15) is 50.7 Å². The van der Waals surface area contributed by atoms with Gasteiger partial charge in [-0.1, -0.05) is 20.8 Å². The maximum atomic E-state index is 4.68. The Morgan fingerprint density at radius 2 is 2.13 bits per heavy atom. The predicted octanol–water partition coefficient (Wildman–Crippen LogP) is 3.20. The molecule has 3 heteroatoms. The highest BCUT2D eigenvalue weighted by atomic mass is 32.1. The van der Waals surface area contributed by atoms with Crippen LogP contribution in [0.5, 0.6) is 0 Å². The van der Waals surface area contributed by atoms with E-state index in [2.05, 4.69) is 43.4 Å². The number of nitrogens with zero attached hydrogens (tertiary/aromatic N) is 1. The van der Waals surface area contributed by atoms with E-state index in [1.807, 2.05) is 11.3 Å². The molecule has 15 heavy (non-hydrogen) atoms. The zero-order chi connectivity index (χ0) is 11.3. The van der Waals surface area contributed by atoms with Gasteiger partial charge in [0.05, 0.1) is 10.7 Å². The number of nitrogens with one attached hydrogen (secondary N) is 1. The highest BCUT2D eigenvalue weighted by molar-refractivity contribution is 7.09. The van der Waals surface area contributed by atoms with E-state index in [9.17, 15) is 0 Å². The first kappa shape index (κ1) is 12.7. The molecule has 1 N–H and O–H groups in total.